The van der Waals surface area contributed by atoms with Gasteiger partial charge in [-0.2, -0.15) is 10.4 Å². The van der Waals surface area contributed by atoms with Crippen LogP contribution in [0.25, 0.3) is 16.7 Å². The molecule has 1 aromatic carbocycles. The molecule has 4 heterocycles. The van der Waals surface area contributed by atoms with E-state index in [2.05, 4.69) is 21.5 Å². The lowest BCUT2D eigenvalue weighted by atomic mass is 10.1. The molecule has 8 nitrogen and oxygen atoms in total. The summed E-state index contributed by atoms with van der Waals surface area (Å²) in [7, 11) is 1.83. The molecule has 0 aliphatic carbocycles. The molecule has 1 unspecified atom stereocenters. The van der Waals surface area contributed by atoms with Crippen molar-refractivity contribution >= 4 is 34.1 Å². The molecule has 1 saturated heterocycles. The molecule has 1 fully saturated rings. The molecule has 1 N–H and O–H groups in total. The highest BCUT2D eigenvalue weighted by molar-refractivity contribution is 6.01. The Kier molecular flexibility index (Phi) is 3.77. The predicted octanol–water partition coefficient (Wildman–Crippen LogP) is 2.62. The molecule has 0 spiro atoms. The Morgan fingerprint density at radius 1 is 1.31 bits per heavy atom. The number of amides is 1. The monoisotopic (exact) mass is 385 g/mol. The lowest BCUT2D eigenvalue weighted by molar-refractivity contribution is -0.117. The maximum absolute atomic E-state index is 13.0. The molecular formula is C21H19N7O. The van der Waals surface area contributed by atoms with Gasteiger partial charge < -0.3 is 10.2 Å². The van der Waals surface area contributed by atoms with Gasteiger partial charge in [-0.05, 0) is 37.1 Å². The van der Waals surface area contributed by atoms with Crippen LogP contribution in [0, 0.1) is 18.3 Å². The summed E-state index contributed by atoms with van der Waals surface area (Å²) in [5.74, 6) is 0.772. The predicted molar refractivity (Wildman–Crippen MR) is 110 cm³/mol. The number of rotatable bonds is 3. The lowest BCUT2D eigenvalue weighted by Gasteiger charge is -2.18. The minimum absolute atomic E-state index is 0.0117. The van der Waals surface area contributed by atoms with Crippen molar-refractivity contribution in [2.24, 2.45) is 7.05 Å². The number of hydrogen-bond acceptors (Lipinski definition) is 5. The molecular weight excluding hydrogens is 366 g/mol. The van der Waals surface area contributed by atoms with E-state index in [9.17, 15) is 10.1 Å². The molecule has 0 bridgehead atoms. The summed E-state index contributed by atoms with van der Waals surface area (Å²) < 4.78 is 3.62. The van der Waals surface area contributed by atoms with Crippen molar-refractivity contribution in [2.75, 3.05) is 16.8 Å². The number of hydrogen-bond donors (Lipinski definition) is 1. The fourth-order valence-corrected chi connectivity index (χ4v) is 4.00. The van der Waals surface area contributed by atoms with E-state index in [0.29, 0.717) is 24.2 Å². The first kappa shape index (κ1) is 17.3. The molecule has 1 aliphatic heterocycles. The number of aromatic nitrogens is 4. The van der Waals surface area contributed by atoms with Crippen LogP contribution in [0.1, 0.15) is 17.5 Å². The molecule has 1 atom stereocenters. The van der Waals surface area contributed by atoms with E-state index in [-0.39, 0.29) is 11.9 Å². The fourth-order valence-electron chi connectivity index (χ4n) is 4.00. The fraction of sp³-hybridized carbons (Fsp3) is 0.238. The van der Waals surface area contributed by atoms with Crippen LogP contribution in [0.15, 0.2) is 42.7 Å². The van der Waals surface area contributed by atoms with Gasteiger partial charge in [0, 0.05) is 19.8 Å². The van der Waals surface area contributed by atoms with E-state index in [1.165, 1.54) is 0 Å². The third-order valence-corrected chi connectivity index (χ3v) is 5.42. The maximum atomic E-state index is 13.0. The molecule has 4 aromatic rings. The Morgan fingerprint density at radius 3 is 2.90 bits per heavy atom. The quantitative estimate of drug-likeness (QED) is 0.585. The van der Waals surface area contributed by atoms with E-state index in [1.807, 2.05) is 54.9 Å². The van der Waals surface area contributed by atoms with Crippen LogP contribution in [-0.4, -0.2) is 37.7 Å². The van der Waals surface area contributed by atoms with Crippen LogP contribution in [0.3, 0.4) is 0 Å². The summed E-state index contributed by atoms with van der Waals surface area (Å²) in [5.41, 5.74) is 4.49. The van der Waals surface area contributed by atoms with Crippen molar-refractivity contribution in [1.82, 2.24) is 19.2 Å². The number of nitriles is 1. The largest absolute Gasteiger partial charge is 0.359 e. The minimum Gasteiger partial charge on any atom is -0.359 e. The Balaban J connectivity index is 1.57. The number of carbonyl (C=O) groups is 1. The van der Waals surface area contributed by atoms with Gasteiger partial charge in [0.1, 0.15) is 17.9 Å². The molecule has 8 heteroatoms. The molecule has 29 heavy (non-hydrogen) atoms. The van der Waals surface area contributed by atoms with Gasteiger partial charge >= 0.3 is 0 Å². The molecule has 5 rings (SSSR count). The minimum atomic E-state index is -0.355. The topological polar surface area (TPSA) is 91.2 Å². The SMILES string of the molecule is Cc1cc(NC2CCN(c3cnn(C)c3)C2=O)n2c(nc3ccccc32)c1C#N. The molecule has 144 valence electrons. The van der Waals surface area contributed by atoms with Crippen molar-refractivity contribution < 1.29 is 4.79 Å². The summed E-state index contributed by atoms with van der Waals surface area (Å²) in [5, 5.41) is 17.2. The Bertz CT molecular complexity index is 1310. The second kappa shape index (κ2) is 6.34. The van der Waals surface area contributed by atoms with Crippen molar-refractivity contribution in [3.05, 3.63) is 53.9 Å². The first-order valence-electron chi connectivity index (χ1n) is 9.44. The van der Waals surface area contributed by atoms with Crippen LogP contribution < -0.4 is 10.2 Å². The highest BCUT2D eigenvalue weighted by atomic mass is 16.2. The first-order valence-corrected chi connectivity index (χ1v) is 9.44. The van der Waals surface area contributed by atoms with Crippen molar-refractivity contribution in [1.29, 1.82) is 5.26 Å². The third kappa shape index (κ3) is 2.63. The number of anilines is 2. The van der Waals surface area contributed by atoms with Crippen molar-refractivity contribution in [3.8, 4) is 6.07 Å². The lowest BCUT2D eigenvalue weighted by Crippen LogP contribution is -2.33. The molecule has 1 amide bonds. The zero-order valence-electron chi connectivity index (χ0n) is 16.1. The number of fused-ring (bicyclic) bond motifs is 3. The summed E-state index contributed by atoms with van der Waals surface area (Å²) in [6.45, 7) is 2.52. The summed E-state index contributed by atoms with van der Waals surface area (Å²) in [6, 6.07) is 11.6. The van der Waals surface area contributed by atoms with E-state index in [0.717, 1.165) is 28.1 Å². The Hall–Kier alpha value is -3.86. The number of nitrogens with one attached hydrogen (secondary N) is 1. The van der Waals surface area contributed by atoms with Crippen LogP contribution in [0.5, 0.6) is 0 Å². The van der Waals surface area contributed by atoms with Gasteiger partial charge in [-0.25, -0.2) is 4.98 Å². The second-order valence-corrected chi connectivity index (χ2v) is 7.31. The Morgan fingerprint density at radius 2 is 2.14 bits per heavy atom. The van der Waals surface area contributed by atoms with Crippen molar-refractivity contribution in [2.45, 2.75) is 19.4 Å². The number of pyridine rings is 1. The highest BCUT2D eigenvalue weighted by Gasteiger charge is 2.33. The number of nitrogens with zero attached hydrogens (tertiary/aromatic N) is 6. The Labute approximate surface area is 167 Å². The van der Waals surface area contributed by atoms with Gasteiger partial charge in [-0.3, -0.25) is 13.9 Å². The van der Waals surface area contributed by atoms with Crippen LogP contribution >= 0.6 is 0 Å². The number of benzene rings is 1. The highest BCUT2D eigenvalue weighted by Crippen LogP contribution is 2.29. The third-order valence-electron chi connectivity index (χ3n) is 5.42. The number of imidazole rings is 1. The molecule has 0 saturated carbocycles. The zero-order valence-corrected chi connectivity index (χ0v) is 16.1. The van der Waals surface area contributed by atoms with Crippen LogP contribution in [0.4, 0.5) is 11.5 Å². The number of carbonyl (C=O) groups excluding carboxylic acids is 1. The number of para-hydroxylation sites is 2. The summed E-state index contributed by atoms with van der Waals surface area (Å²) in [6.07, 6.45) is 4.22. The van der Waals surface area contributed by atoms with Gasteiger partial charge in [-0.1, -0.05) is 12.1 Å². The molecule has 3 aromatic heterocycles. The smallest absolute Gasteiger partial charge is 0.249 e. The zero-order chi connectivity index (χ0) is 20.1. The average molecular weight is 385 g/mol. The van der Waals surface area contributed by atoms with E-state index in [1.54, 1.807) is 15.8 Å². The molecule has 1 aliphatic rings. The standard InChI is InChI=1S/C21H19N7O/c1-13-9-19(24-17-7-8-27(21(17)29)14-11-23-26(2)12-14)28-18-6-4-3-5-16(18)25-20(28)15(13)10-22/h3-6,9,11-12,17,24H,7-8H2,1-2H3. The van der Waals surface area contributed by atoms with E-state index in [4.69, 9.17) is 0 Å². The van der Waals surface area contributed by atoms with E-state index < -0.39 is 0 Å². The first-order chi connectivity index (χ1) is 14.1. The summed E-state index contributed by atoms with van der Waals surface area (Å²) in [4.78, 5) is 19.4. The normalized spacial score (nSPS) is 16.7. The van der Waals surface area contributed by atoms with Gasteiger partial charge in [0.2, 0.25) is 5.91 Å². The molecule has 0 radical (unpaired) electrons. The van der Waals surface area contributed by atoms with Crippen LogP contribution in [-0.2, 0) is 11.8 Å². The second-order valence-electron chi connectivity index (χ2n) is 7.31. The van der Waals surface area contributed by atoms with Crippen molar-refractivity contribution in [3.63, 3.8) is 0 Å². The summed E-state index contributed by atoms with van der Waals surface area (Å²) >= 11 is 0. The maximum Gasteiger partial charge on any atom is 0.249 e. The van der Waals surface area contributed by atoms with Gasteiger partial charge in [0.15, 0.2) is 5.65 Å². The number of aryl methyl sites for hydroxylation is 2. The van der Waals surface area contributed by atoms with E-state index >= 15 is 0 Å². The van der Waals surface area contributed by atoms with Gasteiger partial charge in [0.05, 0.1) is 28.5 Å². The average Bonchev–Trinajstić information content (AvgIpc) is 3.39. The van der Waals surface area contributed by atoms with Crippen LogP contribution in [0.2, 0.25) is 0 Å². The van der Waals surface area contributed by atoms with Gasteiger partial charge in [-0.15, -0.1) is 0 Å². The van der Waals surface area contributed by atoms with Gasteiger partial charge in [0.25, 0.3) is 0 Å².